The van der Waals surface area contributed by atoms with Gasteiger partial charge in [-0.15, -0.1) is 0 Å². The average molecular weight is 297 g/mol. The Morgan fingerprint density at radius 1 is 1.31 bits per heavy atom. The number of benzene rings is 1. The van der Waals surface area contributed by atoms with Gasteiger partial charge in [0.2, 0.25) is 0 Å². The van der Waals surface area contributed by atoms with Crippen LogP contribution in [0.4, 0.5) is 0 Å². The standard InChI is InChI=1S/C12H9BrO2S/c1-8(14)11-5-6-12(15-11)16-10-4-2-3-9(13)7-10/h2-7H,1H3. The lowest BCUT2D eigenvalue weighted by molar-refractivity contribution is 0.0982. The van der Waals surface area contributed by atoms with E-state index in [1.807, 2.05) is 30.3 Å². The Labute approximate surface area is 106 Å². The molecule has 0 radical (unpaired) electrons. The van der Waals surface area contributed by atoms with Gasteiger partial charge in [-0.1, -0.05) is 33.8 Å². The summed E-state index contributed by atoms with van der Waals surface area (Å²) in [6, 6.07) is 11.4. The third kappa shape index (κ3) is 2.77. The summed E-state index contributed by atoms with van der Waals surface area (Å²) >= 11 is 4.90. The number of furan rings is 1. The van der Waals surface area contributed by atoms with E-state index in [0.29, 0.717) is 5.76 Å². The zero-order chi connectivity index (χ0) is 11.5. The largest absolute Gasteiger partial charge is 0.446 e. The maximum absolute atomic E-state index is 11.1. The summed E-state index contributed by atoms with van der Waals surface area (Å²) in [5.41, 5.74) is 0. The summed E-state index contributed by atoms with van der Waals surface area (Å²) in [7, 11) is 0. The van der Waals surface area contributed by atoms with Crippen LogP contribution in [0.1, 0.15) is 17.5 Å². The van der Waals surface area contributed by atoms with Crippen molar-refractivity contribution in [2.24, 2.45) is 0 Å². The molecule has 0 aliphatic heterocycles. The minimum absolute atomic E-state index is 0.0545. The van der Waals surface area contributed by atoms with Gasteiger partial charge in [0.25, 0.3) is 0 Å². The van der Waals surface area contributed by atoms with E-state index < -0.39 is 0 Å². The molecular weight excluding hydrogens is 288 g/mol. The van der Waals surface area contributed by atoms with Crippen molar-refractivity contribution in [2.75, 3.05) is 0 Å². The van der Waals surface area contributed by atoms with Gasteiger partial charge in [-0.2, -0.15) is 0 Å². The maximum Gasteiger partial charge on any atom is 0.194 e. The van der Waals surface area contributed by atoms with Crippen molar-refractivity contribution in [3.8, 4) is 0 Å². The van der Waals surface area contributed by atoms with Gasteiger partial charge < -0.3 is 4.42 Å². The zero-order valence-corrected chi connectivity index (χ0v) is 11.0. The van der Waals surface area contributed by atoms with Gasteiger partial charge in [0.1, 0.15) is 0 Å². The van der Waals surface area contributed by atoms with Gasteiger partial charge in [-0.05, 0) is 30.3 Å². The molecule has 4 heteroatoms. The third-order valence-electron chi connectivity index (χ3n) is 1.94. The molecule has 0 N–H and O–H groups in total. The highest BCUT2D eigenvalue weighted by Gasteiger charge is 2.07. The van der Waals surface area contributed by atoms with Crippen molar-refractivity contribution in [1.29, 1.82) is 0 Å². The van der Waals surface area contributed by atoms with Gasteiger partial charge in [0, 0.05) is 16.3 Å². The van der Waals surface area contributed by atoms with Crippen molar-refractivity contribution in [1.82, 2.24) is 0 Å². The van der Waals surface area contributed by atoms with Crippen molar-refractivity contribution in [3.63, 3.8) is 0 Å². The fourth-order valence-electron chi connectivity index (χ4n) is 1.21. The lowest BCUT2D eigenvalue weighted by atomic mass is 10.3. The van der Waals surface area contributed by atoms with Crippen molar-refractivity contribution < 1.29 is 9.21 Å². The van der Waals surface area contributed by atoms with Gasteiger partial charge in [0.15, 0.2) is 16.6 Å². The van der Waals surface area contributed by atoms with Crippen molar-refractivity contribution in [3.05, 3.63) is 46.6 Å². The van der Waals surface area contributed by atoms with Crippen LogP contribution in [0.15, 0.2) is 55.3 Å². The molecule has 0 atom stereocenters. The van der Waals surface area contributed by atoms with E-state index in [-0.39, 0.29) is 5.78 Å². The molecule has 1 aromatic heterocycles. The molecular formula is C12H9BrO2S. The van der Waals surface area contributed by atoms with E-state index in [4.69, 9.17) is 4.42 Å². The molecule has 1 aromatic carbocycles. The zero-order valence-electron chi connectivity index (χ0n) is 8.57. The molecule has 2 aromatic rings. The molecule has 16 heavy (non-hydrogen) atoms. The van der Waals surface area contributed by atoms with Crippen LogP contribution in [-0.2, 0) is 0 Å². The molecule has 0 fully saturated rings. The average Bonchev–Trinajstić information content (AvgIpc) is 2.66. The Bertz CT molecular complexity index is 519. The number of carbonyl (C=O) groups is 1. The first kappa shape index (κ1) is 11.5. The van der Waals surface area contributed by atoms with Crippen LogP contribution in [0.3, 0.4) is 0 Å². The number of ketones is 1. The Kier molecular flexibility index (Phi) is 3.51. The number of hydrogen-bond acceptors (Lipinski definition) is 3. The topological polar surface area (TPSA) is 30.2 Å². The molecule has 82 valence electrons. The molecule has 1 heterocycles. The number of Topliss-reactive ketones (excluding diaryl/α,β-unsaturated/α-hetero) is 1. The van der Waals surface area contributed by atoms with E-state index in [9.17, 15) is 4.79 Å². The fourth-order valence-corrected chi connectivity index (χ4v) is 2.59. The lowest BCUT2D eigenvalue weighted by Crippen LogP contribution is -1.85. The van der Waals surface area contributed by atoms with Crippen LogP contribution in [0.5, 0.6) is 0 Å². The molecule has 0 bridgehead atoms. The summed E-state index contributed by atoms with van der Waals surface area (Å²) < 4.78 is 6.41. The van der Waals surface area contributed by atoms with E-state index in [2.05, 4.69) is 15.9 Å². The predicted molar refractivity (Wildman–Crippen MR) is 67.0 cm³/mol. The summed E-state index contributed by atoms with van der Waals surface area (Å²) in [5, 5.41) is 0.725. The molecule has 2 nitrogen and oxygen atoms in total. The second-order valence-corrected chi connectivity index (χ2v) is 5.23. The first-order valence-corrected chi connectivity index (χ1v) is 6.30. The Morgan fingerprint density at radius 3 is 2.75 bits per heavy atom. The highest BCUT2D eigenvalue weighted by atomic mass is 79.9. The number of halogens is 1. The molecule has 0 saturated carbocycles. The summed E-state index contributed by atoms with van der Waals surface area (Å²) in [6.45, 7) is 1.49. The Morgan fingerprint density at radius 2 is 2.12 bits per heavy atom. The molecule has 0 aliphatic rings. The quantitative estimate of drug-likeness (QED) is 0.787. The Balaban J connectivity index is 2.17. The SMILES string of the molecule is CC(=O)c1ccc(Sc2cccc(Br)c2)o1. The van der Waals surface area contributed by atoms with Crippen LogP contribution in [0.2, 0.25) is 0 Å². The molecule has 0 aliphatic carbocycles. The molecule has 0 spiro atoms. The van der Waals surface area contributed by atoms with Gasteiger partial charge in [-0.25, -0.2) is 0 Å². The fraction of sp³-hybridized carbons (Fsp3) is 0.0833. The second-order valence-electron chi connectivity index (χ2n) is 3.23. The molecule has 0 unspecified atom stereocenters. The van der Waals surface area contributed by atoms with Crippen LogP contribution >= 0.6 is 27.7 Å². The van der Waals surface area contributed by atoms with Crippen LogP contribution in [-0.4, -0.2) is 5.78 Å². The van der Waals surface area contributed by atoms with Gasteiger partial charge >= 0.3 is 0 Å². The number of rotatable bonds is 3. The van der Waals surface area contributed by atoms with Crippen LogP contribution in [0.25, 0.3) is 0 Å². The second kappa shape index (κ2) is 4.89. The van der Waals surface area contributed by atoms with Crippen molar-refractivity contribution in [2.45, 2.75) is 16.9 Å². The predicted octanol–water partition coefficient (Wildman–Crippen LogP) is 4.40. The van der Waals surface area contributed by atoms with E-state index >= 15 is 0 Å². The third-order valence-corrected chi connectivity index (χ3v) is 3.35. The number of carbonyl (C=O) groups excluding carboxylic acids is 1. The first-order chi connectivity index (χ1) is 7.65. The van der Waals surface area contributed by atoms with Gasteiger partial charge in [0.05, 0.1) is 0 Å². The highest BCUT2D eigenvalue weighted by Crippen LogP contribution is 2.30. The highest BCUT2D eigenvalue weighted by molar-refractivity contribution is 9.10. The summed E-state index contributed by atoms with van der Waals surface area (Å²) in [5.74, 6) is 0.346. The summed E-state index contributed by atoms with van der Waals surface area (Å²) in [4.78, 5) is 12.1. The monoisotopic (exact) mass is 296 g/mol. The maximum atomic E-state index is 11.1. The first-order valence-electron chi connectivity index (χ1n) is 4.69. The smallest absolute Gasteiger partial charge is 0.194 e. The lowest BCUT2D eigenvalue weighted by Gasteiger charge is -1.98. The normalized spacial score (nSPS) is 10.4. The van der Waals surface area contributed by atoms with Gasteiger partial charge in [-0.3, -0.25) is 4.79 Å². The van der Waals surface area contributed by atoms with Crippen LogP contribution in [0, 0.1) is 0 Å². The molecule has 2 rings (SSSR count). The van der Waals surface area contributed by atoms with Crippen molar-refractivity contribution >= 4 is 33.5 Å². The molecule has 0 amide bonds. The van der Waals surface area contributed by atoms with Crippen LogP contribution < -0.4 is 0 Å². The minimum Gasteiger partial charge on any atom is -0.446 e. The van der Waals surface area contributed by atoms with E-state index in [1.54, 1.807) is 6.07 Å². The number of hydrogen-bond donors (Lipinski definition) is 0. The summed E-state index contributed by atoms with van der Waals surface area (Å²) in [6.07, 6.45) is 0. The van der Waals surface area contributed by atoms with E-state index in [0.717, 1.165) is 14.5 Å². The Hall–Kier alpha value is -1.00. The molecule has 0 saturated heterocycles. The minimum atomic E-state index is -0.0545. The van der Waals surface area contributed by atoms with E-state index in [1.165, 1.54) is 18.7 Å².